The van der Waals surface area contributed by atoms with Crippen molar-refractivity contribution in [1.82, 2.24) is 0 Å². The summed E-state index contributed by atoms with van der Waals surface area (Å²) >= 11 is 6.35. The van der Waals surface area contributed by atoms with Crippen LogP contribution in [-0.4, -0.2) is 6.54 Å². The second-order valence-electron chi connectivity index (χ2n) is 4.41. The van der Waals surface area contributed by atoms with Gasteiger partial charge < -0.3 is 9.73 Å². The van der Waals surface area contributed by atoms with Crippen LogP contribution in [0.15, 0.2) is 40.8 Å². The fourth-order valence-electron chi connectivity index (χ4n) is 2.52. The molecule has 0 amide bonds. The number of benzene rings is 2. The van der Waals surface area contributed by atoms with Crippen molar-refractivity contribution in [1.29, 1.82) is 0 Å². The van der Waals surface area contributed by atoms with Gasteiger partial charge in [0.05, 0.1) is 5.69 Å². The maximum absolute atomic E-state index is 6.35. The fraction of sp³-hybridized carbons (Fsp3) is 0.0667. The normalized spacial score (nSPS) is 13.8. The molecule has 1 aliphatic rings. The van der Waals surface area contributed by atoms with Gasteiger partial charge in [0.1, 0.15) is 5.58 Å². The van der Waals surface area contributed by atoms with Gasteiger partial charge in [-0.25, -0.2) is 0 Å². The standard InChI is InChI=1S/C15H10ClNO/c16-12-8-11-14-13(6-3-7-17-14)18-15(11)10-5-2-1-4-9(10)12/h1-6,8,17H,7H2. The van der Waals surface area contributed by atoms with Crippen molar-refractivity contribution in [2.75, 3.05) is 11.9 Å². The largest absolute Gasteiger partial charge is 0.454 e. The molecule has 2 aromatic carbocycles. The van der Waals surface area contributed by atoms with Gasteiger partial charge in [0.25, 0.3) is 0 Å². The molecule has 0 saturated carbocycles. The summed E-state index contributed by atoms with van der Waals surface area (Å²) in [6.07, 6.45) is 4.06. The molecular weight excluding hydrogens is 246 g/mol. The van der Waals surface area contributed by atoms with Gasteiger partial charge in [0, 0.05) is 27.7 Å². The molecule has 3 aromatic rings. The maximum atomic E-state index is 6.35. The van der Waals surface area contributed by atoms with Crippen molar-refractivity contribution >= 4 is 45.1 Å². The number of rotatable bonds is 0. The van der Waals surface area contributed by atoms with Crippen molar-refractivity contribution in [3.63, 3.8) is 0 Å². The second kappa shape index (κ2) is 3.53. The predicted molar refractivity (Wildman–Crippen MR) is 76.3 cm³/mol. The Morgan fingerprint density at radius 3 is 2.83 bits per heavy atom. The van der Waals surface area contributed by atoms with E-state index >= 15 is 0 Å². The lowest BCUT2D eigenvalue weighted by Gasteiger charge is -2.06. The van der Waals surface area contributed by atoms with Crippen LogP contribution in [0.4, 0.5) is 5.69 Å². The van der Waals surface area contributed by atoms with Crippen LogP contribution in [0.3, 0.4) is 0 Å². The van der Waals surface area contributed by atoms with Crippen LogP contribution >= 0.6 is 11.6 Å². The molecule has 1 aliphatic heterocycles. The molecule has 0 bridgehead atoms. The Morgan fingerprint density at radius 2 is 1.94 bits per heavy atom. The Morgan fingerprint density at radius 1 is 1.11 bits per heavy atom. The Kier molecular flexibility index (Phi) is 1.97. The Labute approximate surface area is 109 Å². The lowest BCUT2D eigenvalue weighted by atomic mass is 10.1. The zero-order valence-corrected chi connectivity index (χ0v) is 10.3. The van der Waals surface area contributed by atoms with Gasteiger partial charge in [-0.2, -0.15) is 0 Å². The van der Waals surface area contributed by atoms with Gasteiger partial charge in [0.15, 0.2) is 5.76 Å². The van der Waals surface area contributed by atoms with Crippen LogP contribution in [0.2, 0.25) is 5.02 Å². The van der Waals surface area contributed by atoms with Crippen molar-refractivity contribution in [2.24, 2.45) is 0 Å². The van der Waals surface area contributed by atoms with E-state index in [1.807, 2.05) is 36.4 Å². The molecule has 0 fully saturated rings. The monoisotopic (exact) mass is 255 g/mol. The third-order valence-corrected chi connectivity index (χ3v) is 3.65. The van der Waals surface area contributed by atoms with Crippen molar-refractivity contribution < 1.29 is 4.42 Å². The molecule has 0 unspecified atom stereocenters. The number of halogens is 1. The van der Waals surface area contributed by atoms with E-state index in [1.54, 1.807) is 0 Å². The molecule has 0 aliphatic carbocycles. The minimum absolute atomic E-state index is 0.762. The lowest BCUT2D eigenvalue weighted by Crippen LogP contribution is -2.01. The van der Waals surface area contributed by atoms with Crippen LogP contribution in [-0.2, 0) is 0 Å². The topological polar surface area (TPSA) is 25.2 Å². The minimum Gasteiger partial charge on any atom is -0.454 e. The van der Waals surface area contributed by atoms with Crippen LogP contribution in [0.25, 0.3) is 27.8 Å². The van der Waals surface area contributed by atoms with Gasteiger partial charge >= 0.3 is 0 Å². The SMILES string of the molecule is Clc1cc2c3c(oc2c2ccccc12)C=CCN3. The molecule has 1 aromatic heterocycles. The number of hydrogen-bond acceptors (Lipinski definition) is 2. The molecule has 3 heteroatoms. The molecule has 0 atom stereocenters. The molecule has 2 nitrogen and oxygen atoms in total. The average molecular weight is 256 g/mol. The van der Waals surface area contributed by atoms with E-state index in [0.717, 1.165) is 44.8 Å². The maximum Gasteiger partial charge on any atom is 0.151 e. The Hall–Kier alpha value is -1.93. The zero-order chi connectivity index (χ0) is 12.1. The average Bonchev–Trinajstić information content (AvgIpc) is 2.78. The number of furan rings is 1. The highest BCUT2D eigenvalue weighted by Gasteiger charge is 2.17. The van der Waals surface area contributed by atoms with E-state index in [0.29, 0.717) is 0 Å². The number of fused-ring (bicyclic) bond motifs is 5. The first-order valence-electron chi connectivity index (χ1n) is 5.89. The van der Waals surface area contributed by atoms with Crippen LogP contribution < -0.4 is 5.32 Å². The van der Waals surface area contributed by atoms with E-state index in [2.05, 4.69) is 11.4 Å². The third-order valence-electron chi connectivity index (χ3n) is 3.34. The molecule has 0 spiro atoms. The first-order chi connectivity index (χ1) is 8.84. The summed E-state index contributed by atoms with van der Waals surface area (Å²) in [6.45, 7) is 0.825. The van der Waals surface area contributed by atoms with Crippen molar-refractivity contribution in [3.05, 3.63) is 47.2 Å². The van der Waals surface area contributed by atoms with Crippen molar-refractivity contribution in [3.8, 4) is 0 Å². The van der Waals surface area contributed by atoms with Crippen LogP contribution in [0.1, 0.15) is 5.76 Å². The second-order valence-corrected chi connectivity index (χ2v) is 4.81. The molecule has 4 rings (SSSR count). The van der Waals surface area contributed by atoms with E-state index in [9.17, 15) is 0 Å². The van der Waals surface area contributed by atoms with E-state index in [1.165, 1.54) is 0 Å². The Balaban J connectivity index is 2.24. The summed E-state index contributed by atoms with van der Waals surface area (Å²) in [6, 6.07) is 10.0. The summed E-state index contributed by atoms with van der Waals surface area (Å²) in [5.41, 5.74) is 1.94. The van der Waals surface area contributed by atoms with Gasteiger partial charge in [-0.3, -0.25) is 0 Å². The minimum atomic E-state index is 0.762. The third kappa shape index (κ3) is 1.24. The quantitative estimate of drug-likeness (QED) is 0.631. The zero-order valence-electron chi connectivity index (χ0n) is 9.53. The molecular formula is C15H10ClNO. The van der Waals surface area contributed by atoms with Gasteiger partial charge in [-0.05, 0) is 12.1 Å². The van der Waals surface area contributed by atoms with Crippen molar-refractivity contribution in [2.45, 2.75) is 0 Å². The molecule has 0 radical (unpaired) electrons. The van der Waals surface area contributed by atoms with Gasteiger partial charge in [-0.1, -0.05) is 41.9 Å². The highest BCUT2D eigenvalue weighted by atomic mass is 35.5. The van der Waals surface area contributed by atoms with E-state index in [4.69, 9.17) is 16.0 Å². The highest BCUT2D eigenvalue weighted by Crippen LogP contribution is 2.40. The summed E-state index contributed by atoms with van der Waals surface area (Å²) in [5, 5.41) is 7.24. The Bertz CT molecular complexity index is 801. The van der Waals surface area contributed by atoms with Crippen LogP contribution in [0, 0.1) is 0 Å². The smallest absolute Gasteiger partial charge is 0.151 e. The number of hydrogen-bond donors (Lipinski definition) is 1. The molecule has 18 heavy (non-hydrogen) atoms. The first-order valence-corrected chi connectivity index (χ1v) is 6.26. The first kappa shape index (κ1) is 10.0. The van der Waals surface area contributed by atoms with Gasteiger partial charge in [-0.15, -0.1) is 0 Å². The molecule has 88 valence electrons. The summed E-state index contributed by atoms with van der Waals surface area (Å²) in [5.74, 6) is 0.878. The summed E-state index contributed by atoms with van der Waals surface area (Å²) in [4.78, 5) is 0. The molecule has 0 saturated heterocycles. The fourth-order valence-corrected chi connectivity index (χ4v) is 2.79. The van der Waals surface area contributed by atoms with Gasteiger partial charge in [0.2, 0.25) is 0 Å². The number of nitrogens with one attached hydrogen (secondary N) is 1. The van der Waals surface area contributed by atoms with E-state index in [-0.39, 0.29) is 0 Å². The summed E-state index contributed by atoms with van der Waals surface area (Å²) in [7, 11) is 0. The number of anilines is 1. The van der Waals surface area contributed by atoms with E-state index < -0.39 is 0 Å². The summed E-state index contributed by atoms with van der Waals surface area (Å²) < 4.78 is 5.95. The predicted octanol–water partition coefficient (Wildman–Crippen LogP) is 4.68. The highest BCUT2D eigenvalue weighted by molar-refractivity contribution is 6.37. The molecule has 2 heterocycles. The van der Waals surface area contributed by atoms with Crippen LogP contribution in [0.5, 0.6) is 0 Å². The molecule has 1 N–H and O–H groups in total. The lowest BCUT2D eigenvalue weighted by molar-refractivity contribution is 0.607.